The second-order valence-electron chi connectivity index (χ2n) is 3.74. The van der Waals surface area contributed by atoms with Crippen LogP contribution in [0.15, 0.2) is 18.3 Å². The molecule has 0 aliphatic rings. The third-order valence-electron chi connectivity index (χ3n) is 2.35. The maximum absolute atomic E-state index is 11.8. The van der Waals surface area contributed by atoms with Crippen LogP contribution in [0, 0.1) is 0 Å². The summed E-state index contributed by atoms with van der Waals surface area (Å²) in [5, 5.41) is 11.3. The summed E-state index contributed by atoms with van der Waals surface area (Å²) in [6.07, 6.45) is 2.39. The Morgan fingerprint density at radius 1 is 1.53 bits per heavy atom. The van der Waals surface area contributed by atoms with Gasteiger partial charge in [-0.1, -0.05) is 18.5 Å². The monoisotopic (exact) mass is 281 g/mol. The lowest BCUT2D eigenvalue weighted by molar-refractivity contribution is 0.0456. The summed E-state index contributed by atoms with van der Waals surface area (Å²) in [5.74, 6) is -0.0561. The summed E-state index contributed by atoms with van der Waals surface area (Å²) in [7, 11) is 0. The minimum Gasteiger partial charge on any atom is -0.454 e. The van der Waals surface area contributed by atoms with E-state index in [1.54, 1.807) is 16.8 Å². The Morgan fingerprint density at radius 2 is 2.37 bits per heavy atom. The molecule has 100 valence electrons. The zero-order valence-corrected chi connectivity index (χ0v) is 11.0. The number of ether oxygens (including phenoxy) is 1. The molecule has 2 aromatic heterocycles. The van der Waals surface area contributed by atoms with Gasteiger partial charge in [0.1, 0.15) is 5.15 Å². The standard InChI is InChI=1S/C11H12ClN5O2/c1-2-6-17-9(14-15-16-17)7-19-11(18)8-4-3-5-13-10(8)12/h3-5H,2,6-7H2,1H3. The Labute approximate surface area is 114 Å². The average molecular weight is 282 g/mol. The fourth-order valence-corrected chi connectivity index (χ4v) is 1.65. The van der Waals surface area contributed by atoms with Crippen molar-refractivity contribution in [2.75, 3.05) is 0 Å². The number of aryl methyl sites for hydroxylation is 1. The van der Waals surface area contributed by atoms with Crippen molar-refractivity contribution in [2.24, 2.45) is 0 Å². The fraction of sp³-hybridized carbons (Fsp3) is 0.364. The van der Waals surface area contributed by atoms with Crippen molar-refractivity contribution >= 4 is 17.6 Å². The lowest BCUT2D eigenvalue weighted by Crippen LogP contribution is -2.11. The summed E-state index contributed by atoms with van der Waals surface area (Å²) < 4.78 is 6.71. The smallest absolute Gasteiger partial charge is 0.341 e. The number of hydrogen-bond acceptors (Lipinski definition) is 6. The third kappa shape index (κ3) is 3.25. The average Bonchev–Trinajstić information content (AvgIpc) is 2.84. The van der Waals surface area contributed by atoms with Crippen molar-refractivity contribution in [2.45, 2.75) is 26.5 Å². The predicted molar refractivity (Wildman–Crippen MR) is 66.5 cm³/mol. The highest BCUT2D eigenvalue weighted by Gasteiger charge is 2.14. The molecular weight excluding hydrogens is 270 g/mol. The molecule has 0 aromatic carbocycles. The topological polar surface area (TPSA) is 82.8 Å². The van der Waals surface area contributed by atoms with Crippen LogP contribution in [0.4, 0.5) is 0 Å². The highest BCUT2D eigenvalue weighted by Crippen LogP contribution is 2.13. The molecule has 8 heteroatoms. The van der Waals surface area contributed by atoms with Gasteiger partial charge in [-0.25, -0.2) is 14.5 Å². The summed E-state index contributed by atoms with van der Waals surface area (Å²) in [4.78, 5) is 15.6. The van der Waals surface area contributed by atoms with E-state index in [-0.39, 0.29) is 17.3 Å². The van der Waals surface area contributed by atoms with E-state index < -0.39 is 5.97 Å². The van der Waals surface area contributed by atoms with Gasteiger partial charge in [0.25, 0.3) is 0 Å². The molecule has 19 heavy (non-hydrogen) atoms. The molecule has 0 amide bonds. The third-order valence-corrected chi connectivity index (χ3v) is 2.65. The van der Waals surface area contributed by atoms with Crippen LogP contribution in [-0.4, -0.2) is 31.2 Å². The van der Waals surface area contributed by atoms with E-state index in [1.165, 1.54) is 6.20 Å². The van der Waals surface area contributed by atoms with E-state index in [9.17, 15) is 4.79 Å². The second kappa shape index (κ2) is 6.24. The van der Waals surface area contributed by atoms with Gasteiger partial charge < -0.3 is 4.74 Å². The molecule has 0 saturated heterocycles. The fourth-order valence-electron chi connectivity index (χ4n) is 1.46. The molecule has 2 aromatic rings. The number of rotatable bonds is 5. The molecule has 2 heterocycles. The van der Waals surface area contributed by atoms with Crippen LogP contribution in [0.25, 0.3) is 0 Å². The Bertz CT molecular complexity index is 572. The van der Waals surface area contributed by atoms with Crippen LogP contribution in [-0.2, 0) is 17.9 Å². The zero-order valence-electron chi connectivity index (χ0n) is 10.3. The van der Waals surface area contributed by atoms with Crippen molar-refractivity contribution in [1.29, 1.82) is 0 Å². The van der Waals surface area contributed by atoms with E-state index in [0.29, 0.717) is 12.4 Å². The Balaban J connectivity index is 2.01. The minimum absolute atomic E-state index is 0.00292. The first kappa shape index (κ1) is 13.4. The molecule has 0 radical (unpaired) electrons. The maximum Gasteiger partial charge on any atom is 0.341 e. The number of nitrogens with zero attached hydrogens (tertiary/aromatic N) is 5. The molecule has 0 aliphatic heterocycles. The van der Waals surface area contributed by atoms with Crippen LogP contribution in [0.2, 0.25) is 5.15 Å². The number of esters is 1. The Morgan fingerprint density at radius 3 is 3.11 bits per heavy atom. The van der Waals surface area contributed by atoms with Crippen LogP contribution in [0.1, 0.15) is 29.5 Å². The van der Waals surface area contributed by atoms with E-state index in [4.69, 9.17) is 16.3 Å². The normalized spacial score (nSPS) is 10.4. The Hall–Kier alpha value is -2.02. The number of hydrogen-bond donors (Lipinski definition) is 0. The molecule has 0 aliphatic carbocycles. The van der Waals surface area contributed by atoms with Gasteiger partial charge in [0, 0.05) is 12.7 Å². The highest BCUT2D eigenvalue weighted by atomic mass is 35.5. The number of carbonyl (C=O) groups excluding carboxylic acids is 1. The second-order valence-corrected chi connectivity index (χ2v) is 4.09. The molecule has 0 spiro atoms. The van der Waals surface area contributed by atoms with Crippen LogP contribution < -0.4 is 0 Å². The quantitative estimate of drug-likeness (QED) is 0.610. The van der Waals surface area contributed by atoms with Crippen molar-refractivity contribution < 1.29 is 9.53 Å². The van der Waals surface area contributed by atoms with Gasteiger partial charge in [0.15, 0.2) is 12.4 Å². The highest BCUT2D eigenvalue weighted by molar-refractivity contribution is 6.32. The van der Waals surface area contributed by atoms with Gasteiger partial charge in [-0.3, -0.25) is 0 Å². The van der Waals surface area contributed by atoms with Crippen molar-refractivity contribution in [1.82, 2.24) is 25.2 Å². The van der Waals surface area contributed by atoms with Crippen LogP contribution in [0.5, 0.6) is 0 Å². The van der Waals surface area contributed by atoms with E-state index in [1.807, 2.05) is 6.92 Å². The van der Waals surface area contributed by atoms with Crippen molar-refractivity contribution in [3.63, 3.8) is 0 Å². The number of aromatic nitrogens is 5. The zero-order chi connectivity index (χ0) is 13.7. The number of pyridine rings is 1. The molecule has 0 bridgehead atoms. The van der Waals surface area contributed by atoms with Crippen molar-refractivity contribution in [3.05, 3.63) is 34.9 Å². The minimum atomic E-state index is -0.552. The molecule has 7 nitrogen and oxygen atoms in total. The number of tetrazole rings is 1. The van der Waals surface area contributed by atoms with Gasteiger partial charge >= 0.3 is 5.97 Å². The van der Waals surface area contributed by atoms with E-state index >= 15 is 0 Å². The first-order valence-corrected chi connectivity index (χ1v) is 6.13. The number of halogens is 1. The molecule has 0 fully saturated rings. The predicted octanol–water partition coefficient (Wildman–Crippen LogP) is 1.49. The molecular formula is C11H12ClN5O2. The van der Waals surface area contributed by atoms with Gasteiger partial charge in [-0.15, -0.1) is 5.10 Å². The first-order chi connectivity index (χ1) is 9.22. The Kier molecular flexibility index (Phi) is 4.40. The van der Waals surface area contributed by atoms with Gasteiger partial charge in [0.2, 0.25) is 0 Å². The van der Waals surface area contributed by atoms with E-state index in [0.717, 1.165) is 6.42 Å². The largest absolute Gasteiger partial charge is 0.454 e. The maximum atomic E-state index is 11.8. The molecule has 2 rings (SSSR count). The summed E-state index contributed by atoms with van der Waals surface area (Å²) in [5.41, 5.74) is 0.221. The van der Waals surface area contributed by atoms with Crippen LogP contribution in [0.3, 0.4) is 0 Å². The lowest BCUT2D eigenvalue weighted by atomic mass is 10.3. The first-order valence-electron chi connectivity index (χ1n) is 5.75. The molecule has 0 N–H and O–H groups in total. The van der Waals surface area contributed by atoms with E-state index in [2.05, 4.69) is 20.5 Å². The van der Waals surface area contributed by atoms with Gasteiger partial charge in [-0.2, -0.15) is 0 Å². The van der Waals surface area contributed by atoms with Gasteiger partial charge in [0.05, 0.1) is 5.56 Å². The lowest BCUT2D eigenvalue weighted by Gasteiger charge is -2.05. The molecule has 0 unspecified atom stereocenters. The van der Waals surface area contributed by atoms with Crippen molar-refractivity contribution in [3.8, 4) is 0 Å². The summed E-state index contributed by atoms with van der Waals surface area (Å²) >= 11 is 5.80. The molecule has 0 saturated carbocycles. The number of carbonyl (C=O) groups is 1. The van der Waals surface area contributed by atoms with Crippen LogP contribution >= 0.6 is 11.6 Å². The van der Waals surface area contributed by atoms with Gasteiger partial charge in [-0.05, 0) is 29.0 Å². The summed E-state index contributed by atoms with van der Waals surface area (Å²) in [6, 6.07) is 3.16. The molecule has 0 atom stereocenters. The summed E-state index contributed by atoms with van der Waals surface area (Å²) in [6.45, 7) is 2.68. The SMILES string of the molecule is CCCn1nnnc1COC(=O)c1cccnc1Cl.